The highest BCUT2D eigenvalue weighted by atomic mass is 35.5. The number of nitrogens with zero attached hydrogens (tertiary/aromatic N) is 3. The minimum atomic E-state index is 0.497. The monoisotopic (exact) mass is 289 g/mol. The Morgan fingerprint density at radius 1 is 0.850 bits per heavy atom. The molecule has 1 aliphatic carbocycles. The Morgan fingerprint density at radius 2 is 1.55 bits per heavy atom. The molecule has 1 fully saturated rings. The van der Waals surface area contributed by atoms with Gasteiger partial charge in [0.1, 0.15) is 16.5 Å². The summed E-state index contributed by atoms with van der Waals surface area (Å²) in [4.78, 5) is 13.5. The maximum atomic E-state index is 5.90. The quantitative estimate of drug-likeness (QED) is 0.701. The lowest BCUT2D eigenvalue weighted by Crippen LogP contribution is -2.05. The lowest BCUT2D eigenvalue weighted by molar-refractivity contribution is 0.517. The van der Waals surface area contributed by atoms with Crippen LogP contribution in [0.1, 0.15) is 63.1 Å². The van der Waals surface area contributed by atoms with E-state index in [1.807, 2.05) is 12.3 Å². The van der Waals surface area contributed by atoms with Gasteiger partial charge in [0.15, 0.2) is 0 Å². The number of hydrogen-bond acceptors (Lipinski definition) is 3. The second kappa shape index (κ2) is 6.49. The van der Waals surface area contributed by atoms with Crippen LogP contribution in [0.2, 0.25) is 5.15 Å². The molecule has 0 unspecified atom stereocenters. The van der Waals surface area contributed by atoms with E-state index < -0.39 is 0 Å². The van der Waals surface area contributed by atoms with E-state index in [2.05, 4.69) is 9.97 Å². The first-order chi connectivity index (χ1) is 9.83. The zero-order chi connectivity index (χ0) is 13.8. The molecule has 1 saturated carbocycles. The highest BCUT2D eigenvalue weighted by molar-refractivity contribution is 6.29. The van der Waals surface area contributed by atoms with Gasteiger partial charge in [-0.25, -0.2) is 15.0 Å². The first-order valence-electron chi connectivity index (χ1n) is 7.62. The summed E-state index contributed by atoms with van der Waals surface area (Å²) in [5, 5.41) is 0.497. The molecule has 0 bridgehead atoms. The molecule has 0 saturated heterocycles. The lowest BCUT2D eigenvalue weighted by atomic mass is 9.96. The summed E-state index contributed by atoms with van der Waals surface area (Å²) < 4.78 is 0. The molecule has 0 amide bonds. The highest BCUT2D eigenvalue weighted by Crippen LogP contribution is 2.29. The van der Waals surface area contributed by atoms with Crippen molar-refractivity contribution in [3.63, 3.8) is 0 Å². The van der Waals surface area contributed by atoms with Crippen LogP contribution in [0.15, 0.2) is 18.3 Å². The molecule has 2 heterocycles. The summed E-state index contributed by atoms with van der Waals surface area (Å²) in [5.74, 6) is 1.50. The fraction of sp³-hybridized carbons (Fsp3) is 0.562. The standard InChI is InChI=1S/C16H20ClN3/c17-15-10-9-13-14(19-15)11-18-16(20-13)12-7-5-3-1-2-4-6-8-12/h9-12H,1-8H2. The molecule has 0 aromatic carbocycles. The highest BCUT2D eigenvalue weighted by Gasteiger charge is 2.16. The molecule has 3 nitrogen and oxygen atoms in total. The Hall–Kier alpha value is -1.22. The normalized spacial score (nSPS) is 18.4. The summed E-state index contributed by atoms with van der Waals surface area (Å²) in [6.07, 6.45) is 12.3. The molecule has 2 aromatic heterocycles. The van der Waals surface area contributed by atoms with E-state index in [0.29, 0.717) is 11.1 Å². The van der Waals surface area contributed by atoms with E-state index >= 15 is 0 Å². The Bertz CT molecular complexity index is 575. The van der Waals surface area contributed by atoms with Gasteiger partial charge in [0.05, 0.1) is 11.7 Å². The summed E-state index contributed by atoms with van der Waals surface area (Å²) in [5.41, 5.74) is 1.68. The second-order valence-corrected chi connectivity index (χ2v) is 6.05. The van der Waals surface area contributed by atoms with Gasteiger partial charge in [0, 0.05) is 5.92 Å². The first-order valence-corrected chi connectivity index (χ1v) is 8.00. The fourth-order valence-electron chi connectivity index (χ4n) is 3.00. The van der Waals surface area contributed by atoms with Gasteiger partial charge in [-0.3, -0.25) is 0 Å². The number of pyridine rings is 1. The molecule has 4 heteroatoms. The summed E-state index contributed by atoms with van der Waals surface area (Å²) >= 11 is 5.90. The maximum absolute atomic E-state index is 5.90. The SMILES string of the molecule is Clc1ccc2nc(C3CCCCCCCC3)ncc2n1. The van der Waals surface area contributed by atoms with Crippen LogP contribution >= 0.6 is 11.6 Å². The molecule has 0 atom stereocenters. The third-order valence-corrected chi connectivity index (χ3v) is 4.35. The third kappa shape index (κ3) is 3.26. The van der Waals surface area contributed by atoms with E-state index in [0.717, 1.165) is 16.9 Å². The van der Waals surface area contributed by atoms with Crippen LogP contribution in [-0.4, -0.2) is 15.0 Å². The van der Waals surface area contributed by atoms with E-state index in [1.165, 1.54) is 51.4 Å². The number of fused-ring (bicyclic) bond motifs is 1. The van der Waals surface area contributed by atoms with Crippen LogP contribution in [-0.2, 0) is 0 Å². The molecule has 0 radical (unpaired) electrons. The van der Waals surface area contributed by atoms with E-state index in [1.54, 1.807) is 6.07 Å². The van der Waals surface area contributed by atoms with Crippen LogP contribution in [0, 0.1) is 0 Å². The number of rotatable bonds is 1. The Balaban J connectivity index is 1.85. The van der Waals surface area contributed by atoms with Gasteiger partial charge in [0.25, 0.3) is 0 Å². The van der Waals surface area contributed by atoms with Crippen molar-refractivity contribution in [2.75, 3.05) is 0 Å². The van der Waals surface area contributed by atoms with E-state index in [9.17, 15) is 0 Å². The Labute approximate surface area is 124 Å². The minimum absolute atomic E-state index is 0.497. The predicted octanol–water partition coefficient (Wildman–Crippen LogP) is 4.90. The third-order valence-electron chi connectivity index (χ3n) is 4.14. The average Bonchev–Trinajstić information content (AvgIpc) is 2.60. The average molecular weight is 290 g/mol. The molecule has 20 heavy (non-hydrogen) atoms. The molecular formula is C16H20ClN3. The van der Waals surface area contributed by atoms with Crippen molar-refractivity contribution in [1.82, 2.24) is 15.0 Å². The number of hydrogen-bond donors (Lipinski definition) is 0. The molecule has 0 N–H and O–H groups in total. The molecular weight excluding hydrogens is 270 g/mol. The topological polar surface area (TPSA) is 38.7 Å². The summed E-state index contributed by atoms with van der Waals surface area (Å²) in [6, 6.07) is 3.73. The molecule has 2 aromatic rings. The van der Waals surface area contributed by atoms with Crippen LogP contribution in [0.4, 0.5) is 0 Å². The van der Waals surface area contributed by atoms with Crippen molar-refractivity contribution in [3.05, 3.63) is 29.3 Å². The van der Waals surface area contributed by atoms with Gasteiger partial charge in [-0.1, -0.05) is 50.1 Å². The van der Waals surface area contributed by atoms with Gasteiger partial charge in [0.2, 0.25) is 0 Å². The van der Waals surface area contributed by atoms with Gasteiger partial charge in [-0.15, -0.1) is 0 Å². The maximum Gasteiger partial charge on any atom is 0.132 e. The smallest absolute Gasteiger partial charge is 0.132 e. The van der Waals surface area contributed by atoms with Gasteiger partial charge < -0.3 is 0 Å². The van der Waals surface area contributed by atoms with E-state index in [4.69, 9.17) is 16.6 Å². The number of halogens is 1. The molecule has 3 rings (SSSR count). The number of aromatic nitrogens is 3. The van der Waals surface area contributed by atoms with Crippen molar-refractivity contribution in [3.8, 4) is 0 Å². The van der Waals surface area contributed by atoms with Crippen molar-refractivity contribution >= 4 is 22.6 Å². The zero-order valence-electron chi connectivity index (χ0n) is 11.7. The van der Waals surface area contributed by atoms with Crippen molar-refractivity contribution in [2.24, 2.45) is 0 Å². The summed E-state index contributed by atoms with van der Waals surface area (Å²) in [6.45, 7) is 0. The largest absolute Gasteiger partial charge is 0.239 e. The van der Waals surface area contributed by atoms with Crippen molar-refractivity contribution in [2.45, 2.75) is 57.3 Å². The van der Waals surface area contributed by atoms with Crippen LogP contribution < -0.4 is 0 Å². The van der Waals surface area contributed by atoms with Gasteiger partial charge >= 0.3 is 0 Å². The molecule has 1 aliphatic rings. The predicted molar refractivity (Wildman–Crippen MR) is 82.0 cm³/mol. The molecule has 0 spiro atoms. The van der Waals surface area contributed by atoms with Gasteiger partial charge in [-0.05, 0) is 25.0 Å². The van der Waals surface area contributed by atoms with Crippen LogP contribution in [0.25, 0.3) is 11.0 Å². The second-order valence-electron chi connectivity index (χ2n) is 5.66. The Morgan fingerprint density at radius 3 is 2.30 bits per heavy atom. The lowest BCUT2D eigenvalue weighted by Gasteiger charge is -2.14. The molecule has 0 aliphatic heterocycles. The van der Waals surface area contributed by atoms with E-state index in [-0.39, 0.29) is 0 Å². The fourth-order valence-corrected chi connectivity index (χ4v) is 3.15. The van der Waals surface area contributed by atoms with Crippen molar-refractivity contribution in [1.29, 1.82) is 0 Å². The molecule has 106 valence electrons. The van der Waals surface area contributed by atoms with Crippen LogP contribution in [0.3, 0.4) is 0 Å². The van der Waals surface area contributed by atoms with Gasteiger partial charge in [-0.2, -0.15) is 0 Å². The van der Waals surface area contributed by atoms with Crippen LogP contribution in [0.5, 0.6) is 0 Å². The first kappa shape index (κ1) is 13.7. The Kier molecular flexibility index (Phi) is 4.46. The zero-order valence-corrected chi connectivity index (χ0v) is 12.4. The van der Waals surface area contributed by atoms with Crippen molar-refractivity contribution < 1.29 is 0 Å². The summed E-state index contributed by atoms with van der Waals surface area (Å²) in [7, 11) is 0. The minimum Gasteiger partial charge on any atom is -0.239 e.